The number of carbonyl (C=O) groups is 1. The van der Waals surface area contributed by atoms with E-state index in [1.165, 1.54) is 41.3 Å². The number of hydrogen-bond donors (Lipinski definition) is 3. The molecular weight excluding hydrogens is 426 g/mol. The van der Waals surface area contributed by atoms with Gasteiger partial charge in [-0.25, -0.2) is 8.78 Å². The maximum atomic E-state index is 14.6. The lowest BCUT2D eigenvalue weighted by molar-refractivity contribution is -0.133. The summed E-state index contributed by atoms with van der Waals surface area (Å²) >= 11 is 6.57. The van der Waals surface area contributed by atoms with Crippen molar-refractivity contribution in [1.29, 1.82) is 5.41 Å². The maximum absolute atomic E-state index is 14.6. The molecule has 0 bridgehead atoms. The molecule has 4 rings (SSSR count). The number of rotatable bonds is 4. The third-order valence-corrected chi connectivity index (χ3v) is 6.16. The van der Waals surface area contributed by atoms with Crippen molar-refractivity contribution in [3.63, 3.8) is 0 Å². The Balaban J connectivity index is 1.62. The second-order valence-electron chi connectivity index (χ2n) is 8.01. The zero-order valence-electron chi connectivity index (χ0n) is 17.0. The van der Waals surface area contributed by atoms with Gasteiger partial charge >= 0.3 is 0 Å². The number of guanidine groups is 1. The molecule has 3 N–H and O–H groups in total. The standard InChI is InChI=1S/C22H23ClF2N4O2/c1-22(12-18(30)29(21(26)28-22)15-8-10-31-11-9-15)16-6-7-17(25)20(19(16)23)27-14-4-2-13(24)3-5-14/h2-7,15,27H,8-12H2,1H3,(H2,26,28)/t22-/m0/s1. The van der Waals surface area contributed by atoms with Crippen molar-refractivity contribution in [2.75, 3.05) is 18.5 Å². The van der Waals surface area contributed by atoms with Crippen molar-refractivity contribution < 1.29 is 18.3 Å². The van der Waals surface area contributed by atoms with E-state index in [-0.39, 0.29) is 35.0 Å². The van der Waals surface area contributed by atoms with Crippen molar-refractivity contribution in [1.82, 2.24) is 10.2 Å². The molecule has 164 valence electrons. The van der Waals surface area contributed by atoms with Crippen LogP contribution in [0.4, 0.5) is 20.2 Å². The molecule has 6 nitrogen and oxygen atoms in total. The molecule has 31 heavy (non-hydrogen) atoms. The summed E-state index contributed by atoms with van der Waals surface area (Å²) in [5.74, 6) is -1.18. The average molecular weight is 449 g/mol. The van der Waals surface area contributed by atoms with Crippen molar-refractivity contribution in [2.24, 2.45) is 0 Å². The van der Waals surface area contributed by atoms with Crippen LogP contribution in [0.15, 0.2) is 36.4 Å². The van der Waals surface area contributed by atoms with Gasteiger partial charge in [0.2, 0.25) is 5.91 Å². The lowest BCUT2D eigenvalue weighted by Gasteiger charge is -2.45. The summed E-state index contributed by atoms with van der Waals surface area (Å²) in [5.41, 5.74) is -0.00000546. The first-order valence-corrected chi connectivity index (χ1v) is 10.4. The Kier molecular flexibility index (Phi) is 5.85. The van der Waals surface area contributed by atoms with Crippen molar-refractivity contribution in [3.05, 3.63) is 58.6 Å². The number of hydrogen-bond acceptors (Lipinski definition) is 4. The van der Waals surface area contributed by atoms with Crippen LogP contribution in [0, 0.1) is 17.0 Å². The maximum Gasteiger partial charge on any atom is 0.232 e. The minimum Gasteiger partial charge on any atom is -0.381 e. The van der Waals surface area contributed by atoms with Gasteiger partial charge in [0, 0.05) is 24.9 Å². The molecule has 2 aliphatic heterocycles. The van der Waals surface area contributed by atoms with E-state index in [4.69, 9.17) is 21.7 Å². The summed E-state index contributed by atoms with van der Waals surface area (Å²) in [4.78, 5) is 14.5. The second-order valence-corrected chi connectivity index (χ2v) is 8.38. The quantitative estimate of drug-likeness (QED) is 0.643. The predicted octanol–water partition coefficient (Wildman–Crippen LogP) is 4.51. The number of carbonyl (C=O) groups excluding carboxylic acids is 1. The van der Waals surface area contributed by atoms with Gasteiger partial charge in [-0.15, -0.1) is 0 Å². The molecule has 2 aromatic carbocycles. The van der Waals surface area contributed by atoms with E-state index >= 15 is 0 Å². The third kappa shape index (κ3) is 4.22. The fourth-order valence-electron chi connectivity index (χ4n) is 4.14. The van der Waals surface area contributed by atoms with E-state index in [1.807, 2.05) is 0 Å². The number of ether oxygens (including phenoxy) is 1. The van der Waals surface area contributed by atoms with E-state index in [1.54, 1.807) is 6.92 Å². The van der Waals surface area contributed by atoms with Crippen molar-refractivity contribution >= 4 is 34.8 Å². The molecule has 1 atom stereocenters. The topological polar surface area (TPSA) is 77.5 Å². The van der Waals surface area contributed by atoms with Crippen LogP contribution >= 0.6 is 11.6 Å². The second kappa shape index (κ2) is 8.43. The van der Waals surface area contributed by atoms with Crippen LogP contribution in [0.5, 0.6) is 0 Å². The van der Waals surface area contributed by atoms with Crippen LogP contribution < -0.4 is 10.6 Å². The minimum absolute atomic E-state index is 0.000847. The summed E-state index contributed by atoms with van der Waals surface area (Å²) in [6.45, 7) is 2.88. The Morgan fingerprint density at radius 1 is 1.19 bits per heavy atom. The van der Waals surface area contributed by atoms with Gasteiger partial charge in [0.25, 0.3) is 0 Å². The predicted molar refractivity (Wildman–Crippen MR) is 115 cm³/mol. The molecular formula is C22H23ClF2N4O2. The van der Waals surface area contributed by atoms with Crippen LogP contribution in [0.2, 0.25) is 5.02 Å². The SMILES string of the molecule is C[C@@]1(c2ccc(F)c(Nc3ccc(F)cc3)c2Cl)CC(=O)N(C2CCOCC2)C(=N)N1. The normalized spacial score (nSPS) is 22.4. The number of anilines is 2. The zero-order chi connectivity index (χ0) is 22.2. The van der Waals surface area contributed by atoms with Gasteiger partial charge in [0.05, 0.1) is 22.7 Å². The van der Waals surface area contributed by atoms with Gasteiger partial charge in [-0.2, -0.15) is 0 Å². The number of nitrogens with one attached hydrogen (secondary N) is 3. The van der Waals surface area contributed by atoms with E-state index in [9.17, 15) is 13.6 Å². The Bertz CT molecular complexity index is 991. The molecule has 2 heterocycles. The van der Waals surface area contributed by atoms with Gasteiger partial charge in [0.1, 0.15) is 11.6 Å². The van der Waals surface area contributed by atoms with Crippen LogP contribution in [0.25, 0.3) is 0 Å². The number of halogens is 3. The first-order valence-electron chi connectivity index (χ1n) is 10.1. The molecule has 2 aromatic rings. The van der Waals surface area contributed by atoms with E-state index in [2.05, 4.69) is 10.6 Å². The lowest BCUT2D eigenvalue weighted by Crippen LogP contribution is -2.62. The molecule has 0 unspecified atom stereocenters. The first-order chi connectivity index (χ1) is 14.8. The van der Waals surface area contributed by atoms with Crippen molar-refractivity contribution in [3.8, 4) is 0 Å². The number of benzene rings is 2. The first kappa shape index (κ1) is 21.5. The molecule has 2 aliphatic rings. The van der Waals surface area contributed by atoms with Gasteiger partial charge in [-0.05, 0) is 55.7 Å². The van der Waals surface area contributed by atoms with Gasteiger partial charge in [0.15, 0.2) is 5.96 Å². The van der Waals surface area contributed by atoms with Crippen LogP contribution in [-0.4, -0.2) is 36.0 Å². The van der Waals surface area contributed by atoms with Gasteiger partial charge < -0.3 is 15.4 Å². The monoisotopic (exact) mass is 448 g/mol. The van der Waals surface area contributed by atoms with Crippen LogP contribution in [0.1, 0.15) is 31.7 Å². The number of nitrogens with zero attached hydrogens (tertiary/aromatic N) is 1. The highest BCUT2D eigenvalue weighted by molar-refractivity contribution is 6.34. The molecule has 0 radical (unpaired) electrons. The number of amides is 1. The summed E-state index contributed by atoms with van der Waals surface area (Å²) in [6.07, 6.45) is 1.42. The fraction of sp³-hybridized carbons (Fsp3) is 0.364. The summed E-state index contributed by atoms with van der Waals surface area (Å²) in [6, 6.07) is 8.17. The molecule has 2 fully saturated rings. The molecule has 0 saturated carbocycles. The van der Waals surface area contributed by atoms with E-state index in [0.717, 1.165) is 0 Å². The van der Waals surface area contributed by atoms with E-state index < -0.39 is 17.2 Å². The van der Waals surface area contributed by atoms with Crippen molar-refractivity contribution in [2.45, 2.75) is 37.8 Å². The Labute approximate surface area is 184 Å². The zero-order valence-corrected chi connectivity index (χ0v) is 17.7. The molecule has 9 heteroatoms. The Hall–Kier alpha value is -2.71. The van der Waals surface area contributed by atoms with Gasteiger partial charge in [-0.1, -0.05) is 17.7 Å². The summed E-state index contributed by atoms with van der Waals surface area (Å²) in [7, 11) is 0. The molecule has 0 spiro atoms. The minimum atomic E-state index is -0.986. The van der Waals surface area contributed by atoms with Gasteiger partial charge in [-0.3, -0.25) is 15.1 Å². The molecule has 1 amide bonds. The highest BCUT2D eigenvalue weighted by Gasteiger charge is 2.43. The summed E-state index contributed by atoms with van der Waals surface area (Å²) in [5, 5.41) is 14.6. The van der Waals surface area contributed by atoms with E-state index in [0.29, 0.717) is 37.3 Å². The highest BCUT2D eigenvalue weighted by Crippen LogP contribution is 2.40. The lowest BCUT2D eigenvalue weighted by atomic mass is 9.85. The average Bonchev–Trinajstić information content (AvgIpc) is 2.72. The summed E-state index contributed by atoms with van der Waals surface area (Å²) < 4.78 is 33.1. The Morgan fingerprint density at radius 2 is 1.87 bits per heavy atom. The largest absolute Gasteiger partial charge is 0.381 e. The van der Waals surface area contributed by atoms with Crippen LogP contribution in [0.3, 0.4) is 0 Å². The molecule has 0 aliphatic carbocycles. The Morgan fingerprint density at radius 3 is 2.52 bits per heavy atom. The third-order valence-electron chi connectivity index (χ3n) is 5.76. The molecule has 0 aromatic heterocycles. The fourth-order valence-corrected chi connectivity index (χ4v) is 4.55. The smallest absolute Gasteiger partial charge is 0.232 e. The molecule has 2 saturated heterocycles. The highest BCUT2D eigenvalue weighted by atomic mass is 35.5. The van der Waals surface area contributed by atoms with Crippen LogP contribution in [-0.2, 0) is 15.1 Å².